The van der Waals surface area contributed by atoms with E-state index in [1.807, 2.05) is 84.9 Å². The summed E-state index contributed by atoms with van der Waals surface area (Å²) in [4.78, 5) is 12.5. The van der Waals surface area contributed by atoms with Crippen LogP contribution in [0.5, 0.6) is 17.2 Å². The van der Waals surface area contributed by atoms with Crippen molar-refractivity contribution in [1.29, 1.82) is 0 Å². The SMILES string of the molecule is O=C(/C=C\c1ccc(OCc2ccccc2)cc1)c1ccc(OCc2ccccc2)cc1O. The zero-order valence-electron chi connectivity index (χ0n) is 18.1. The van der Waals surface area contributed by atoms with Crippen LogP contribution in [0.2, 0.25) is 0 Å². The van der Waals surface area contributed by atoms with Gasteiger partial charge in [0, 0.05) is 6.07 Å². The fourth-order valence-corrected chi connectivity index (χ4v) is 3.23. The molecule has 0 amide bonds. The summed E-state index contributed by atoms with van der Waals surface area (Å²) in [6.07, 6.45) is 3.15. The van der Waals surface area contributed by atoms with Gasteiger partial charge in [0.2, 0.25) is 0 Å². The van der Waals surface area contributed by atoms with Crippen molar-refractivity contribution in [2.45, 2.75) is 13.2 Å². The van der Waals surface area contributed by atoms with Crippen LogP contribution in [0.25, 0.3) is 6.08 Å². The van der Waals surface area contributed by atoms with Gasteiger partial charge in [-0.1, -0.05) is 78.9 Å². The molecule has 0 heterocycles. The van der Waals surface area contributed by atoms with Gasteiger partial charge in [-0.2, -0.15) is 0 Å². The van der Waals surface area contributed by atoms with E-state index in [1.165, 1.54) is 12.1 Å². The lowest BCUT2D eigenvalue weighted by Crippen LogP contribution is -1.98. The standard InChI is InChI=1S/C29H24O4/c30-28(27-17-16-26(19-29(27)31)33-21-24-9-5-2-6-10-24)18-13-22-11-14-25(15-12-22)32-20-23-7-3-1-4-8-23/h1-19,31H,20-21H2/b18-13-. The highest BCUT2D eigenvalue weighted by molar-refractivity contribution is 6.08. The zero-order valence-corrected chi connectivity index (χ0v) is 18.1. The van der Waals surface area contributed by atoms with Crippen molar-refractivity contribution in [1.82, 2.24) is 0 Å². The maximum atomic E-state index is 12.5. The molecule has 0 aromatic heterocycles. The van der Waals surface area contributed by atoms with Crippen molar-refractivity contribution < 1.29 is 19.4 Å². The van der Waals surface area contributed by atoms with Crippen molar-refractivity contribution in [2.24, 2.45) is 0 Å². The Hall–Kier alpha value is -4.31. The molecule has 0 fully saturated rings. The van der Waals surface area contributed by atoms with Gasteiger partial charge in [-0.15, -0.1) is 0 Å². The number of ketones is 1. The number of ether oxygens (including phenoxy) is 2. The van der Waals surface area contributed by atoms with Crippen LogP contribution < -0.4 is 9.47 Å². The number of rotatable bonds is 9. The van der Waals surface area contributed by atoms with E-state index in [-0.39, 0.29) is 17.1 Å². The first-order chi connectivity index (χ1) is 16.2. The highest BCUT2D eigenvalue weighted by atomic mass is 16.5. The molecule has 0 radical (unpaired) electrons. The summed E-state index contributed by atoms with van der Waals surface area (Å²) in [6.45, 7) is 0.886. The van der Waals surface area contributed by atoms with Gasteiger partial charge < -0.3 is 14.6 Å². The second kappa shape index (κ2) is 10.8. The fraction of sp³-hybridized carbons (Fsp3) is 0.0690. The van der Waals surface area contributed by atoms with Crippen LogP contribution in [0.4, 0.5) is 0 Å². The summed E-state index contributed by atoms with van der Waals surface area (Å²) in [5.74, 6) is 0.862. The number of aromatic hydroxyl groups is 1. The maximum absolute atomic E-state index is 12.5. The predicted molar refractivity (Wildman–Crippen MR) is 129 cm³/mol. The molecule has 0 saturated carbocycles. The molecular formula is C29H24O4. The van der Waals surface area contributed by atoms with Crippen LogP contribution in [0.15, 0.2) is 109 Å². The second-order valence-electron chi connectivity index (χ2n) is 7.49. The van der Waals surface area contributed by atoms with E-state index in [0.29, 0.717) is 19.0 Å². The number of carbonyl (C=O) groups excluding carboxylic acids is 1. The fourth-order valence-electron chi connectivity index (χ4n) is 3.23. The van der Waals surface area contributed by atoms with Gasteiger partial charge in [0.15, 0.2) is 5.78 Å². The third-order valence-corrected chi connectivity index (χ3v) is 5.04. The number of carbonyl (C=O) groups is 1. The number of benzene rings is 4. The van der Waals surface area contributed by atoms with Gasteiger partial charge in [0.1, 0.15) is 30.5 Å². The minimum Gasteiger partial charge on any atom is -0.507 e. The quantitative estimate of drug-likeness (QED) is 0.242. The molecule has 0 aliphatic rings. The molecule has 4 nitrogen and oxygen atoms in total. The monoisotopic (exact) mass is 436 g/mol. The normalized spacial score (nSPS) is 10.8. The molecule has 0 aliphatic heterocycles. The van der Waals surface area contributed by atoms with Gasteiger partial charge >= 0.3 is 0 Å². The summed E-state index contributed by atoms with van der Waals surface area (Å²) < 4.78 is 11.5. The lowest BCUT2D eigenvalue weighted by atomic mass is 10.1. The van der Waals surface area contributed by atoms with Crippen LogP contribution in [-0.4, -0.2) is 10.9 Å². The van der Waals surface area contributed by atoms with E-state index in [9.17, 15) is 9.90 Å². The molecular weight excluding hydrogens is 412 g/mol. The van der Waals surface area contributed by atoms with Crippen LogP contribution in [-0.2, 0) is 13.2 Å². The summed E-state index contributed by atoms with van der Waals surface area (Å²) in [5.41, 5.74) is 3.21. The third kappa shape index (κ3) is 6.34. The van der Waals surface area contributed by atoms with Crippen LogP contribution in [0, 0.1) is 0 Å². The first-order valence-electron chi connectivity index (χ1n) is 10.7. The van der Waals surface area contributed by atoms with Crippen molar-refractivity contribution in [3.05, 3.63) is 131 Å². The molecule has 0 atom stereocenters. The highest BCUT2D eigenvalue weighted by Gasteiger charge is 2.10. The summed E-state index contributed by atoms with van der Waals surface area (Å²) in [6, 6.07) is 31.9. The lowest BCUT2D eigenvalue weighted by molar-refractivity contribution is 0.104. The Balaban J connectivity index is 1.33. The predicted octanol–water partition coefficient (Wildman–Crippen LogP) is 6.45. The maximum Gasteiger partial charge on any atom is 0.189 e. The molecule has 4 aromatic carbocycles. The Bertz CT molecular complexity index is 1210. The van der Waals surface area contributed by atoms with Crippen LogP contribution in [0.1, 0.15) is 27.0 Å². The van der Waals surface area contributed by atoms with E-state index in [0.717, 1.165) is 22.4 Å². The second-order valence-corrected chi connectivity index (χ2v) is 7.49. The van der Waals surface area contributed by atoms with Gasteiger partial charge in [-0.3, -0.25) is 4.79 Å². The highest BCUT2D eigenvalue weighted by Crippen LogP contribution is 2.25. The van der Waals surface area contributed by atoms with E-state index in [4.69, 9.17) is 9.47 Å². The Morgan fingerprint density at radius 3 is 1.82 bits per heavy atom. The van der Waals surface area contributed by atoms with E-state index in [2.05, 4.69) is 0 Å². The van der Waals surface area contributed by atoms with Gasteiger partial charge in [-0.25, -0.2) is 0 Å². The van der Waals surface area contributed by atoms with Gasteiger partial charge in [0.05, 0.1) is 5.56 Å². The first-order valence-corrected chi connectivity index (χ1v) is 10.7. The Labute approximate surface area is 193 Å². The molecule has 0 saturated heterocycles. The number of phenols is 1. The number of allylic oxidation sites excluding steroid dienone is 1. The molecule has 164 valence electrons. The topological polar surface area (TPSA) is 55.8 Å². The molecule has 4 heteroatoms. The minimum absolute atomic E-state index is 0.111. The van der Waals surface area contributed by atoms with E-state index < -0.39 is 0 Å². The van der Waals surface area contributed by atoms with Crippen molar-refractivity contribution in [2.75, 3.05) is 0 Å². The first kappa shape index (κ1) is 21.9. The molecule has 0 bridgehead atoms. The lowest BCUT2D eigenvalue weighted by Gasteiger charge is -2.08. The van der Waals surface area contributed by atoms with Gasteiger partial charge in [-0.05, 0) is 47.0 Å². The van der Waals surface area contributed by atoms with E-state index >= 15 is 0 Å². The molecule has 0 spiro atoms. The molecule has 0 unspecified atom stereocenters. The number of hydrogen-bond donors (Lipinski definition) is 1. The molecule has 4 aromatic rings. The van der Waals surface area contributed by atoms with Crippen molar-refractivity contribution in [3.63, 3.8) is 0 Å². The summed E-state index contributed by atoms with van der Waals surface area (Å²) in [5, 5.41) is 10.3. The van der Waals surface area contributed by atoms with Crippen LogP contribution >= 0.6 is 0 Å². The van der Waals surface area contributed by atoms with Crippen LogP contribution in [0.3, 0.4) is 0 Å². The van der Waals surface area contributed by atoms with Gasteiger partial charge in [0.25, 0.3) is 0 Å². The third-order valence-electron chi connectivity index (χ3n) is 5.04. The zero-order chi connectivity index (χ0) is 22.9. The average molecular weight is 437 g/mol. The largest absolute Gasteiger partial charge is 0.507 e. The molecule has 4 rings (SSSR count). The minimum atomic E-state index is -0.286. The Kier molecular flexibility index (Phi) is 7.18. The molecule has 33 heavy (non-hydrogen) atoms. The average Bonchev–Trinajstić information content (AvgIpc) is 2.87. The molecule has 0 aliphatic carbocycles. The smallest absolute Gasteiger partial charge is 0.189 e. The van der Waals surface area contributed by atoms with Crippen molar-refractivity contribution >= 4 is 11.9 Å². The number of hydrogen-bond acceptors (Lipinski definition) is 4. The Morgan fingerprint density at radius 1 is 0.697 bits per heavy atom. The summed E-state index contributed by atoms with van der Waals surface area (Å²) in [7, 11) is 0. The van der Waals surface area contributed by atoms with E-state index in [1.54, 1.807) is 18.2 Å². The molecule has 1 N–H and O–H groups in total. The summed E-state index contributed by atoms with van der Waals surface area (Å²) >= 11 is 0. The Morgan fingerprint density at radius 2 is 1.24 bits per heavy atom. The number of phenolic OH excluding ortho intramolecular Hbond substituents is 1. The van der Waals surface area contributed by atoms with Crippen molar-refractivity contribution in [3.8, 4) is 17.2 Å².